The molecule has 0 amide bonds. The molecule has 1 aliphatic rings. The average Bonchev–Trinajstić information content (AvgIpc) is 2.32. The van der Waals surface area contributed by atoms with Gasteiger partial charge in [0.05, 0.1) is 11.0 Å². The van der Waals surface area contributed by atoms with E-state index in [0.717, 1.165) is 18.9 Å². The first-order valence-corrected chi connectivity index (χ1v) is 6.04. The molecule has 1 N–H and O–H groups in total. The van der Waals surface area contributed by atoms with E-state index in [1.165, 1.54) is 6.07 Å². The lowest BCUT2D eigenvalue weighted by Crippen LogP contribution is -2.42. The van der Waals surface area contributed by atoms with E-state index in [1.807, 2.05) is 6.92 Å². The van der Waals surface area contributed by atoms with E-state index in [-0.39, 0.29) is 17.7 Å². The molecule has 98 valence electrons. The highest BCUT2D eigenvalue weighted by molar-refractivity contribution is 5.47. The third-order valence-electron chi connectivity index (χ3n) is 3.42. The first-order chi connectivity index (χ1) is 8.49. The summed E-state index contributed by atoms with van der Waals surface area (Å²) >= 11 is 0. The normalized spacial score (nSPS) is 24.1. The molecular weight excluding hydrogens is 234 g/mol. The Hall–Kier alpha value is -1.69. The van der Waals surface area contributed by atoms with Crippen molar-refractivity contribution in [3.63, 3.8) is 0 Å². The predicted octanol–water partition coefficient (Wildman–Crippen LogP) is 1.51. The summed E-state index contributed by atoms with van der Waals surface area (Å²) < 4.78 is 0. The number of hydrogen-bond donors (Lipinski definition) is 1. The number of aromatic nitrogens is 1. The lowest BCUT2D eigenvalue weighted by molar-refractivity contribution is -0.385. The zero-order valence-corrected chi connectivity index (χ0v) is 10.5. The van der Waals surface area contributed by atoms with Gasteiger partial charge in [0.25, 0.3) is 5.69 Å². The van der Waals surface area contributed by atoms with Crippen LogP contribution in [-0.4, -0.2) is 34.2 Å². The highest BCUT2D eigenvalue weighted by Gasteiger charge is 2.25. The van der Waals surface area contributed by atoms with Crippen LogP contribution in [0.5, 0.6) is 0 Å². The van der Waals surface area contributed by atoms with E-state index in [1.54, 1.807) is 13.0 Å². The fourth-order valence-corrected chi connectivity index (χ4v) is 2.25. The molecule has 2 rings (SSSR count). The Morgan fingerprint density at radius 3 is 2.83 bits per heavy atom. The molecule has 6 heteroatoms. The van der Waals surface area contributed by atoms with Crippen molar-refractivity contribution in [2.75, 3.05) is 18.0 Å². The largest absolute Gasteiger partial charge is 0.393 e. The SMILES string of the molecule is Cc1nc(N2CCC(O)C(C)C2)ccc1[N+](=O)[O-]. The van der Waals surface area contributed by atoms with Crippen molar-refractivity contribution < 1.29 is 10.0 Å². The van der Waals surface area contributed by atoms with Crippen LogP contribution in [0.3, 0.4) is 0 Å². The number of pyridine rings is 1. The number of aliphatic hydroxyl groups is 1. The third kappa shape index (κ3) is 2.43. The summed E-state index contributed by atoms with van der Waals surface area (Å²) in [7, 11) is 0. The monoisotopic (exact) mass is 251 g/mol. The molecule has 1 aromatic rings. The number of aliphatic hydroxyl groups excluding tert-OH is 1. The Kier molecular flexibility index (Phi) is 3.47. The van der Waals surface area contributed by atoms with Crippen LogP contribution in [0.15, 0.2) is 12.1 Å². The molecule has 18 heavy (non-hydrogen) atoms. The summed E-state index contributed by atoms with van der Waals surface area (Å²) in [4.78, 5) is 16.6. The van der Waals surface area contributed by atoms with Crippen LogP contribution >= 0.6 is 0 Å². The Labute approximate surface area is 105 Å². The summed E-state index contributed by atoms with van der Waals surface area (Å²) in [5.41, 5.74) is 0.472. The van der Waals surface area contributed by atoms with E-state index in [0.29, 0.717) is 12.1 Å². The fourth-order valence-electron chi connectivity index (χ4n) is 2.25. The lowest BCUT2D eigenvalue weighted by atomic mass is 9.97. The summed E-state index contributed by atoms with van der Waals surface area (Å²) in [5.74, 6) is 0.938. The van der Waals surface area contributed by atoms with Gasteiger partial charge < -0.3 is 10.0 Å². The summed E-state index contributed by atoms with van der Waals surface area (Å²) in [6.45, 7) is 5.10. The molecular formula is C12H17N3O3. The van der Waals surface area contributed by atoms with E-state index < -0.39 is 4.92 Å². The number of piperidine rings is 1. The van der Waals surface area contributed by atoms with E-state index in [9.17, 15) is 15.2 Å². The van der Waals surface area contributed by atoms with E-state index in [4.69, 9.17) is 0 Å². The molecule has 1 saturated heterocycles. The Morgan fingerprint density at radius 1 is 1.56 bits per heavy atom. The van der Waals surface area contributed by atoms with Crippen molar-refractivity contribution in [1.82, 2.24) is 4.98 Å². The number of nitrogens with zero attached hydrogens (tertiary/aromatic N) is 3. The second-order valence-corrected chi connectivity index (χ2v) is 4.81. The summed E-state index contributed by atoms with van der Waals surface area (Å²) in [6.07, 6.45) is 0.444. The second-order valence-electron chi connectivity index (χ2n) is 4.81. The lowest BCUT2D eigenvalue weighted by Gasteiger charge is -2.35. The molecule has 1 aromatic heterocycles. The van der Waals surface area contributed by atoms with Gasteiger partial charge in [-0.15, -0.1) is 0 Å². The van der Waals surface area contributed by atoms with Gasteiger partial charge in [-0.25, -0.2) is 4.98 Å². The van der Waals surface area contributed by atoms with Crippen molar-refractivity contribution in [1.29, 1.82) is 0 Å². The first-order valence-electron chi connectivity index (χ1n) is 6.04. The van der Waals surface area contributed by atoms with Crippen molar-refractivity contribution in [3.05, 3.63) is 27.9 Å². The van der Waals surface area contributed by atoms with Gasteiger partial charge in [-0.05, 0) is 25.3 Å². The standard InChI is InChI=1S/C12H17N3O3/c1-8-7-14(6-5-11(8)16)12-4-3-10(15(17)18)9(2)13-12/h3-4,8,11,16H,5-7H2,1-2H3. The zero-order valence-electron chi connectivity index (χ0n) is 10.5. The molecule has 0 spiro atoms. The van der Waals surface area contributed by atoms with Crippen LogP contribution in [-0.2, 0) is 0 Å². The Bertz CT molecular complexity index is 464. The van der Waals surface area contributed by atoms with Gasteiger partial charge in [0, 0.05) is 19.2 Å². The van der Waals surface area contributed by atoms with Gasteiger partial charge in [-0.2, -0.15) is 0 Å². The van der Waals surface area contributed by atoms with Gasteiger partial charge in [0.1, 0.15) is 11.5 Å². The van der Waals surface area contributed by atoms with Crippen LogP contribution in [0.1, 0.15) is 19.0 Å². The molecule has 0 aromatic carbocycles. The van der Waals surface area contributed by atoms with Gasteiger partial charge in [0.15, 0.2) is 0 Å². The summed E-state index contributed by atoms with van der Waals surface area (Å²) in [5, 5.41) is 20.4. The van der Waals surface area contributed by atoms with Crippen LogP contribution in [0, 0.1) is 23.0 Å². The van der Waals surface area contributed by atoms with Crippen molar-refractivity contribution in [2.24, 2.45) is 5.92 Å². The number of aryl methyl sites for hydroxylation is 1. The van der Waals surface area contributed by atoms with E-state index >= 15 is 0 Å². The van der Waals surface area contributed by atoms with Crippen LogP contribution in [0.4, 0.5) is 11.5 Å². The molecule has 0 aliphatic carbocycles. The molecule has 2 unspecified atom stereocenters. The average molecular weight is 251 g/mol. The number of rotatable bonds is 2. The van der Waals surface area contributed by atoms with Gasteiger partial charge in [0.2, 0.25) is 0 Å². The molecule has 1 aliphatic heterocycles. The number of hydrogen-bond acceptors (Lipinski definition) is 5. The van der Waals surface area contributed by atoms with Crippen LogP contribution < -0.4 is 4.90 Å². The smallest absolute Gasteiger partial charge is 0.290 e. The maximum absolute atomic E-state index is 10.7. The highest BCUT2D eigenvalue weighted by atomic mass is 16.6. The zero-order chi connectivity index (χ0) is 13.3. The number of anilines is 1. The first kappa shape index (κ1) is 12.8. The molecule has 6 nitrogen and oxygen atoms in total. The molecule has 0 radical (unpaired) electrons. The van der Waals surface area contributed by atoms with E-state index in [2.05, 4.69) is 9.88 Å². The third-order valence-corrected chi connectivity index (χ3v) is 3.42. The molecule has 2 atom stereocenters. The van der Waals surface area contributed by atoms with Gasteiger partial charge >= 0.3 is 0 Å². The maximum Gasteiger partial charge on any atom is 0.290 e. The Balaban J connectivity index is 2.19. The second kappa shape index (κ2) is 4.89. The van der Waals surface area contributed by atoms with Crippen LogP contribution in [0.25, 0.3) is 0 Å². The maximum atomic E-state index is 10.7. The number of nitro groups is 1. The van der Waals surface area contributed by atoms with Crippen molar-refractivity contribution in [2.45, 2.75) is 26.4 Å². The highest BCUT2D eigenvalue weighted by Crippen LogP contribution is 2.24. The van der Waals surface area contributed by atoms with Crippen molar-refractivity contribution in [3.8, 4) is 0 Å². The predicted molar refractivity (Wildman–Crippen MR) is 67.6 cm³/mol. The van der Waals surface area contributed by atoms with Gasteiger partial charge in [-0.3, -0.25) is 10.1 Å². The van der Waals surface area contributed by atoms with Gasteiger partial charge in [-0.1, -0.05) is 6.92 Å². The van der Waals surface area contributed by atoms with Crippen molar-refractivity contribution >= 4 is 11.5 Å². The fraction of sp³-hybridized carbons (Fsp3) is 0.583. The topological polar surface area (TPSA) is 79.5 Å². The molecule has 0 bridgehead atoms. The minimum absolute atomic E-state index is 0.0452. The minimum atomic E-state index is -0.422. The molecule has 0 saturated carbocycles. The quantitative estimate of drug-likeness (QED) is 0.636. The molecule has 2 heterocycles. The minimum Gasteiger partial charge on any atom is -0.393 e. The van der Waals surface area contributed by atoms with Crippen LogP contribution in [0.2, 0.25) is 0 Å². The summed E-state index contributed by atoms with van der Waals surface area (Å²) in [6, 6.07) is 3.17. The Morgan fingerprint density at radius 2 is 2.28 bits per heavy atom. The molecule has 1 fully saturated rings.